The van der Waals surface area contributed by atoms with Crippen molar-refractivity contribution in [1.29, 1.82) is 0 Å². The van der Waals surface area contributed by atoms with E-state index in [1.807, 2.05) is 6.92 Å². The molecule has 1 saturated heterocycles. The Morgan fingerprint density at radius 2 is 1.93 bits per heavy atom. The number of unbranched alkanes of at least 4 members (excludes halogenated alkanes) is 1. The molecular weight excluding hydrogens is 358 g/mol. The fourth-order valence-corrected chi connectivity index (χ4v) is 3.49. The largest absolute Gasteiger partial charge is 0.477 e. The molecule has 3 rings (SSSR count). The average molecular weight is 387 g/mol. The molecule has 1 aliphatic heterocycles. The molecule has 0 spiro atoms. The Kier molecular flexibility index (Phi) is 6.20. The van der Waals surface area contributed by atoms with Crippen LogP contribution in [0.4, 0.5) is 0 Å². The quantitative estimate of drug-likeness (QED) is 0.707. The van der Waals surface area contributed by atoms with E-state index in [9.17, 15) is 4.79 Å². The summed E-state index contributed by atoms with van der Waals surface area (Å²) in [6.45, 7) is 8.40. The number of oxazole rings is 1. The molecule has 0 atom stereocenters. The van der Waals surface area contributed by atoms with E-state index in [1.165, 1.54) is 18.1 Å². The van der Waals surface area contributed by atoms with Crippen LogP contribution < -0.4 is 0 Å². The van der Waals surface area contributed by atoms with Gasteiger partial charge >= 0.3 is 5.97 Å². The van der Waals surface area contributed by atoms with Gasteiger partial charge in [0.05, 0.1) is 18.9 Å². The van der Waals surface area contributed by atoms with Crippen LogP contribution in [0.5, 0.6) is 0 Å². The number of rotatable bonds is 7. The third-order valence-corrected chi connectivity index (χ3v) is 5.36. The molecule has 6 nitrogen and oxygen atoms in total. The van der Waals surface area contributed by atoms with Crippen molar-refractivity contribution in [3.05, 3.63) is 40.8 Å². The zero-order valence-electron chi connectivity index (χ0n) is 17.1. The summed E-state index contributed by atoms with van der Waals surface area (Å²) in [4.78, 5) is 15.8. The van der Waals surface area contributed by atoms with Crippen LogP contribution in [-0.4, -0.2) is 35.1 Å². The van der Waals surface area contributed by atoms with E-state index in [2.05, 4.69) is 32.0 Å². The normalized spacial score (nSPS) is 22.4. The van der Waals surface area contributed by atoms with Gasteiger partial charge in [0.15, 0.2) is 0 Å². The van der Waals surface area contributed by atoms with Crippen LogP contribution >= 0.6 is 0 Å². The lowest BCUT2D eigenvalue weighted by molar-refractivity contribution is -0.271. The van der Waals surface area contributed by atoms with Gasteiger partial charge in [0, 0.05) is 18.4 Å². The Labute approximate surface area is 165 Å². The maximum absolute atomic E-state index is 11.1. The van der Waals surface area contributed by atoms with Crippen molar-refractivity contribution in [3.8, 4) is 11.5 Å². The average Bonchev–Trinajstić information content (AvgIpc) is 3.00. The molecule has 0 unspecified atom stereocenters. The van der Waals surface area contributed by atoms with E-state index < -0.39 is 11.8 Å². The Morgan fingerprint density at radius 1 is 1.21 bits per heavy atom. The van der Waals surface area contributed by atoms with Crippen LogP contribution in [0.3, 0.4) is 0 Å². The summed E-state index contributed by atoms with van der Waals surface area (Å²) in [7, 11) is 0. The van der Waals surface area contributed by atoms with Gasteiger partial charge in [-0.25, -0.2) is 9.78 Å². The number of carboxylic acids is 1. The molecule has 1 aliphatic rings. The predicted octanol–water partition coefficient (Wildman–Crippen LogP) is 4.44. The van der Waals surface area contributed by atoms with Gasteiger partial charge in [-0.2, -0.15) is 0 Å². The monoisotopic (exact) mass is 387 g/mol. The SMILES string of the molecule is Cc1ccc(-c2nc(CCCCC3COC(C)(C(=O)O)OC3)c(C)o2)c(C)c1. The minimum Gasteiger partial charge on any atom is -0.477 e. The highest BCUT2D eigenvalue weighted by Crippen LogP contribution is 2.27. The highest BCUT2D eigenvalue weighted by atomic mass is 16.7. The lowest BCUT2D eigenvalue weighted by Gasteiger charge is -2.34. The van der Waals surface area contributed by atoms with Crippen LogP contribution in [0.15, 0.2) is 22.6 Å². The molecule has 0 radical (unpaired) electrons. The molecule has 2 aromatic rings. The first kappa shape index (κ1) is 20.6. The molecule has 1 fully saturated rings. The van der Waals surface area contributed by atoms with Crippen molar-refractivity contribution in [2.75, 3.05) is 13.2 Å². The summed E-state index contributed by atoms with van der Waals surface area (Å²) >= 11 is 0. The molecule has 28 heavy (non-hydrogen) atoms. The maximum atomic E-state index is 11.1. The van der Waals surface area contributed by atoms with Gasteiger partial charge in [0.2, 0.25) is 5.89 Å². The Hall–Kier alpha value is -2.18. The molecule has 1 aromatic heterocycles. The van der Waals surface area contributed by atoms with E-state index in [-0.39, 0.29) is 5.92 Å². The molecule has 1 aromatic carbocycles. The van der Waals surface area contributed by atoms with Gasteiger partial charge in [-0.3, -0.25) is 0 Å². The number of hydrogen-bond donors (Lipinski definition) is 1. The number of hydrogen-bond acceptors (Lipinski definition) is 5. The van der Waals surface area contributed by atoms with Crippen LogP contribution in [0, 0.1) is 26.7 Å². The lowest BCUT2D eigenvalue weighted by Crippen LogP contribution is -2.47. The minimum atomic E-state index is -1.50. The standard InChI is InChI=1S/C22H29NO5/c1-14-9-10-18(15(2)11-14)20-23-19(16(3)28-20)8-6-5-7-17-12-26-22(4,21(24)25)27-13-17/h9-11,17H,5-8,12-13H2,1-4H3,(H,24,25). The molecule has 0 aliphatic carbocycles. The smallest absolute Gasteiger partial charge is 0.364 e. The summed E-state index contributed by atoms with van der Waals surface area (Å²) in [5, 5.41) is 9.10. The van der Waals surface area contributed by atoms with Crippen molar-refractivity contribution in [3.63, 3.8) is 0 Å². The van der Waals surface area contributed by atoms with Gasteiger partial charge in [-0.05, 0) is 51.7 Å². The van der Waals surface area contributed by atoms with Crippen molar-refractivity contribution in [2.24, 2.45) is 5.92 Å². The van der Waals surface area contributed by atoms with E-state index in [0.29, 0.717) is 19.1 Å². The fourth-order valence-electron chi connectivity index (χ4n) is 3.49. The number of ether oxygens (including phenoxy) is 2. The third kappa shape index (κ3) is 4.62. The number of aliphatic carboxylic acids is 1. The molecule has 152 valence electrons. The summed E-state index contributed by atoms with van der Waals surface area (Å²) in [5.74, 6) is -0.786. The van der Waals surface area contributed by atoms with Crippen molar-refractivity contribution in [2.45, 2.75) is 59.2 Å². The second-order valence-electron chi connectivity index (χ2n) is 7.82. The molecular formula is C22H29NO5. The van der Waals surface area contributed by atoms with Crippen molar-refractivity contribution < 1.29 is 23.8 Å². The molecule has 0 saturated carbocycles. The number of aryl methyl sites for hydroxylation is 4. The second-order valence-corrected chi connectivity index (χ2v) is 7.82. The molecule has 6 heteroatoms. The highest BCUT2D eigenvalue weighted by Gasteiger charge is 2.40. The van der Waals surface area contributed by atoms with Gasteiger partial charge in [0.1, 0.15) is 5.76 Å². The zero-order chi connectivity index (χ0) is 20.3. The molecule has 0 amide bonds. The van der Waals surface area contributed by atoms with Crippen molar-refractivity contribution in [1.82, 2.24) is 4.98 Å². The zero-order valence-corrected chi connectivity index (χ0v) is 17.1. The first-order chi connectivity index (χ1) is 13.3. The van der Waals surface area contributed by atoms with Gasteiger partial charge in [-0.15, -0.1) is 0 Å². The van der Waals surface area contributed by atoms with Gasteiger partial charge in [-0.1, -0.05) is 24.1 Å². The number of carbonyl (C=O) groups is 1. The predicted molar refractivity (Wildman–Crippen MR) is 105 cm³/mol. The Morgan fingerprint density at radius 3 is 2.57 bits per heavy atom. The van der Waals surface area contributed by atoms with E-state index >= 15 is 0 Å². The maximum Gasteiger partial charge on any atom is 0.364 e. The summed E-state index contributed by atoms with van der Waals surface area (Å²) in [5.41, 5.74) is 4.44. The number of aromatic nitrogens is 1. The third-order valence-electron chi connectivity index (χ3n) is 5.36. The van der Waals surface area contributed by atoms with E-state index in [0.717, 1.165) is 42.7 Å². The Bertz CT molecular complexity index is 833. The van der Waals surface area contributed by atoms with Crippen molar-refractivity contribution >= 4 is 5.97 Å². The molecule has 0 bridgehead atoms. The highest BCUT2D eigenvalue weighted by molar-refractivity contribution is 5.75. The van der Waals surface area contributed by atoms with Crippen LogP contribution in [-0.2, 0) is 20.7 Å². The first-order valence-corrected chi connectivity index (χ1v) is 9.84. The van der Waals surface area contributed by atoms with Crippen LogP contribution in [0.25, 0.3) is 11.5 Å². The summed E-state index contributed by atoms with van der Waals surface area (Å²) < 4.78 is 16.7. The van der Waals surface area contributed by atoms with E-state index in [4.69, 9.17) is 24.0 Å². The van der Waals surface area contributed by atoms with Gasteiger partial charge in [0.25, 0.3) is 5.79 Å². The number of nitrogens with zero attached hydrogens (tertiary/aromatic N) is 1. The number of carboxylic acid groups (broad SMARTS) is 1. The summed E-state index contributed by atoms with van der Waals surface area (Å²) in [6.07, 6.45) is 3.80. The Balaban J connectivity index is 1.48. The van der Waals surface area contributed by atoms with Crippen LogP contribution in [0.1, 0.15) is 48.8 Å². The lowest BCUT2D eigenvalue weighted by atomic mass is 10.0. The summed E-state index contributed by atoms with van der Waals surface area (Å²) in [6, 6.07) is 6.27. The molecule has 2 heterocycles. The van der Waals surface area contributed by atoms with Crippen LogP contribution in [0.2, 0.25) is 0 Å². The second kappa shape index (κ2) is 8.45. The topological polar surface area (TPSA) is 81.8 Å². The minimum absolute atomic E-state index is 0.233. The van der Waals surface area contributed by atoms with E-state index in [1.54, 1.807) is 0 Å². The number of benzene rings is 1. The van der Waals surface area contributed by atoms with Gasteiger partial charge < -0.3 is 19.0 Å². The fraction of sp³-hybridized carbons (Fsp3) is 0.545. The first-order valence-electron chi connectivity index (χ1n) is 9.84. The molecule has 1 N–H and O–H groups in total.